The zero-order valence-corrected chi connectivity index (χ0v) is 10.6. The smallest absolute Gasteiger partial charge is 0.243 e. The number of nitrogens with one attached hydrogen (secondary N) is 2. The van der Waals surface area contributed by atoms with Gasteiger partial charge in [0.05, 0.1) is 29.6 Å². The van der Waals surface area contributed by atoms with Gasteiger partial charge in [-0.05, 0) is 43.6 Å². The van der Waals surface area contributed by atoms with Crippen LogP contribution in [0.25, 0.3) is 0 Å². The Morgan fingerprint density at radius 2 is 2.37 bits per heavy atom. The minimum Gasteiger partial charge on any atom is -0.360 e. The molecule has 0 spiro atoms. The molecule has 2 aliphatic heterocycles. The Kier molecular flexibility index (Phi) is 3.10. The van der Waals surface area contributed by atoms with Gasteiger partial charge in [-0.25, -0.2) is 0 Å². The van der Waals surface area contributed by atoms with Gasteiger partial charge in [-0.1, -0.05) is 0 Å². The fourth-order valence-corrected chi connectivity index (χ4v) is 2.76. The molecule has 2 N–H and O–H groups in total. The summed E-state index contributed by atoms with van der Waals surface area (Å²) in [5.74, 6) is 0.590. The van der Waals surface area contributed by atoms with E-state index in [0.717, 1.165) is 37.4 Å². The number of amides is 1. The van der Waals surface area contributed by atoms with Crippen molar-refractivity contribution in [3.63, 3.8) is 0 Å². The molecule has 0 aromatic heterocycles. The summed E-state index contributed by atoms with van der Waals surface area (Å²) in [7, 11) is 0. The Hall–Kier alpha value is -2.06. The van der Waals surface area contributed by atoms with Gasteiger partial charge < -0.3 is 15.5 Å². The number of nitriles is 1. The molecule has 0 radical (unpaired) electrons. The first-order valence-electron chi connectivity index (χ1n) is 6.56. The molecule has 1 amide bonds. The van der Waals surface area contributed by atoms with Crippen LogP contribution in [0.1, 0.15) is 12.0 Å². The molecule has 1 aromatic rings. The number of nitrogens with zero attached hydrogens (tertiary/aromatic N) is 2. The first-order chi connectivity index (χ1) is 9.26. The van der Waals surface area contributed by atoms with E-state index in [-0.39, 0.29) is 5.91 Å². The molecule has 5 nitrogen and oxygen atoms in total. The molecule has 1 aromatic carbocycles. The van der Waals surface area contributed by atoms with Crippen molar-refractivity contribution < 1.29 is 4.79 Å². The van der Waals surface area contributed by atoms with Crippen LogP contribution < -0.4 is 15.5 Å². The number of carbonyl (C=O) groups is 1. The van der Waals surface area contributed by atoms with Crippen LogP contribution in [0.15, 0.2) is 18.2 Å². The van der Waals surface area contributed by atoms with Crippen molar-refractivity contribution in [3.8, 4) is 6.07 Å². The zero-order chi connectivity index (χ0) is 13.2. The van der Waals surface area contributed by atoms with Crippen molar-refractivity contribution in [3.05, 3.63) is 23.8 Å². The van der Waals surface area contributed by atoms with Crippen LogP contribution in [0.5, 0.6) is 0 Å². The molecule has 0 aliphatic carbocycles. The highest BCUT2D eigenvalue weighted by atomic mass is 16.2. The SMILES string of the molecule is N#Cc1ccc2c(c1)N(CC1CCNC1)CC(=O)N2. The normalized spacial score (nSPS) is 21.7. The predicted molar refractivity (Wildman–Crippen MR) is 73.0 cm³/mol. The van der Waals surface area contributed by atoms with Crippen molar-refractivity contribution in [1.82, 2.24) is 5.32 Å². The Morgan fingerprint density at radius 3 is 3.11 bits per heavy atom. The topological polar surface area (TPSA) is 68.2 Å². The monoisotopic (exact) mass is 256 g/mol. The largest absolute Gasteiger partial charge is 0.360 e. The summed E-state index contributed by atoms with van der Waals surface area (Å²) in [6.07, 6.45) is 1.14. The van der Waals surface area contributed by atoms with E-state index in [4.69, 9.17) is 5.26 Å². The van der Waals surface area contributed by atoms with Gasteiger partial charge in [-0.2, -0.15) is 5.26 Å². The molecule has 1 saturated heterocycles. The number of anilines is 2. The Morgan fingerprint density at radius 1 is 1.47 bits per heavy atom. The summed E-state index contributed by atoms with van der Waals surface area (Å²) in [5.41, 5.74) is 2.40. The van der Waals surface area contributed by atoms with Gasteiger partial charge in [0.2, 0.25) is 5.91 Å². The van der Waals surface area contributed by atoms with Crippen LogP contribution in [0.3, 0.4) is 0 Å². The van der Waals surface area contributed by atoms with Crippen LogP contribution in [-0.4, -0.2) is 32.1 Å². The van der Waals surface area contributed by atoms with Crippen molar-refractivity contribution >= 4 is 17.3 Å². The molecule has 98 valence electrons. The minimum atomic E-state index is 0.0168. The van der Waals surface area contributed by atoms with Gasteiger partial charge in [0.1, 0.15) is 0 Å². The standard InChI is InChI=1S/C14H16N4O/c15-6-10-1-2-12-13(5-10)18(9-14(19)17-12)8-11-3-4-16-7-11/h1-2,5,11,16H,3-4,7-9H2,(H,17,19). The molecule has 19 heavy (non-hydrogen) atoms. The molecule has 5 heteroatoms. The zero-order valence-electron chi connectivity index (χ0n) is 10.6. The van der Waals surface area contributed by atoms with Crippen LogP contribution in [0.4, 0.5) is 11.4 Å². The number of hydrogen-bond donors (Lipinski definition) is 2. The number of carbonyl (C=O) groups excluding carboxylic acids is 1. The second-order valence-electron chi connectivity index (χ2n) is 5.13. The summed E-state index contributed by atoms with van der Waals surface area (Å²) in [6, 6.07) is 7.56. The summed E-state index contributed by atoms with van der Waals surface area (Å²) < 4.78 is 0. The number of benzene rings is 1. The van der Waals surface area contributed by atoms with Crippen LogP contribution in [0, 0.1) is 17.2 Å². The van der Waals surface area contributed by atoms with E-state index in [9.17, 15) is 4.79 Å². The molecule has 2 aliphatic rings. The second-order valence-corrected chi connectivity index (χ2v) is 5.13. The summed E-state index contributed by atoms with van der Waals surface area (Å²) in [5, 5.41) is 15.2. The minimum absolute atomic E-state index is 0.0168. The highest BCUT2D eigenvalue weighted by Gasteiger charge is 2.25. The van der Waals surface area contributed by atoms with Crippen LogP contribution in [-0.2, 0) is 4.79 Å². The molecule has 1 unspecified atom stereocenters. The van der Waals surface area contributed by atoms with Gasteiger partial charge in [0.25, 0.3) is 0 Å². The lowest BCUT2D eigenvalue weighted by molar-refractivity contribution is -0.115. The molecule has 2 heterocycles. The highest BCUT2D eigenvalue weighted by Crippen LogP contribution is 2.31. The first kappa shape index (κ1) is 12.0. The van der Waals surface area contributed by atoms with Crippen LogP contribution >= 0.6 is 0 Å². The molecule has 0 bridgehead atoms. The highest BCUT2D eigenvalue weighted by molar-refractivity contribution is 6.01. The van der Waals surface area contributed by atoms with Crippen molar-refractivity contribution in [2.24, 2.45) is 5.92 Å². The number of hydrogen-bond acceptors (Lipinski definition) is 4. The third-order valence-corrected chi connectivity index (χ3v) is 3.72. The molecule has 0 saturated carbocycles. The Balaban J connectivity index is 1.88. The maximum absolute atomic E-state index is 11.7. The Labute approximate surface area is 112 Å². The van der Waals surface area contributed by atoms with E-state index in [1.807, 2.05) is 12.1 Å². The van der Waals surface area contributed by atoms with Gasteiger partial charge in [0.15, 0.2) is 0 Å². The molecule has 1 atom stereocenters. The molecular weight excluding hydrogens is 240 g/mol. The van der Waals surface area contributed by atoms with Crippen molar-refractivity contribution in [1.29, 1.82) is 5.26 Å². The van der Waals surface area contributed by atoms with E-state index in [0.29, 0.717) is 18.0 Å². The van der Waals surface area contributed by atoms with Crippen molar-refractivity contribution in [2.75, 3.05) is 36.4 Å². The fourth-order valence-electron chi connectivity index (χ4n) is 2.76. The maximum Gasteiger partial charge on any atom is 0.243 e. The maximum atomic E-state index is 11.7. The average molecular weight is 256 g/mol. The van der Waals surface area contributed by atoms with E-state index in [1.54, 1.807) is 6.07 Å². The summed E-state index contributed by atoms with van der Waals surface area (Å²) >= 11 is 0. The van der Waals surface area contributed by atoms with Gasteiger partial charge in [-0.15, -0.1) is 0 Å². The van der Waals surface area contributed by atoms with Crippen molar-refractivity contribution in [2.45, 2.75) is 6.42 Å². The number of fused-ring (bicyclic) bond motifs is 1. The van der Waals surface area contributed by atoms with Gasteiger partial charge in [-0.3, -0.25) is 4.79 Å². The van der Waals surface area contributed by atoms with E-state index in [1.165, 1.54) is 0 Å². The predicted octanol–water partition coefficient (Wildman–Crippen LogP) is 0.926. The first-order valence-corrected chi connectivity index (χ1v) is 6.56. The molecule has 1 fully saturated rings. The van der Waals surface area contributed by atoms with E-state index in [2.05, 4.69) is 21.6 Å². The lowest BCUT2D eigenvalue weighted by atomic mass is 10.1. The number of rotatable bonds is 2. The van der Waals surface area contributed by atoms with Gasteiger partial charge >= 0.3 is 0 Å². The van der Waals surface area contributed by atoms with Crippen LogP contribution in [0.2, 0.25) is 0 Å². The molecule has 3 rings (SSSR count). The Bertz CT molecular complexity index is 543. The lowest BCUT2D eigenvalue weighted by Crippen LogP contribution is -2.41. The van der Waals surface area contributed by atoms with E-state index < -0.39 is 0 Å². The third kappa shape index (κ3) is 2.40. The lowest BCUT2D eigenvalue weighted by Gasteiger charge is -2.32. The van der Waals surface area contributed by atoms with Gasteiger partial charge in [0, 0.05) is 6.54 Å². The second kappa shape index (κ2) is 4.90. The fraction of sp³-hybridized carbons (Fsp3) is 0.429. The average Bonchev–Trinajstić information content (AvgIpc) is 2.91. The van der Waals surface area contributed by atoms with E-state index >= 15 is 0 Å². The third-order valence-electron chi connectivity index (χ3n) is 3.72. The molecular formula is C14H16N4O. The summed E-state index contributed by atoms with van der Waals surface area (Å²) in [6.45, 7) is 3.29. The summed E-state index contributed by atoms with van der Waals surface area (Å²) in [4.78, 5) is 13.8. The quantitative estimate of drug-likeness (QED) is 0.826.